The average molecular weight is 288 g/mol. The van der Waals surface area contributed by atoms with Crippen LogP contribution < -0.4 is 5.73 Å². The monoisotopic (exact) mass is 288 g/mol. The lowest BCUT2D eigenvalue weighted by Crippen LogP contribution is -2.35. The Bertz CT molecular complexity index is 585. The molecular weight excluding hydrogens is 267 g/mol. The third kappa shape index (κ3) is 2.74. The molecule has 0 saturated heterocycles. The number of hydrogen-bond donors (Lipinski definition) is 1. The Morgan fingerprint density at radius 2 is 1.95 bits per heavy atom. The van der Waals surface area contributed by atoms with Crippen molar-refractivity contribution in [1.29, 1.82) is 0 Å². The Kier molecular flexibility index (Phi) is 4.58. The molecule has 0 aliphatic rings. The molecule has 0 fully saturated rings. The van der Waals surface area contributed by atoms with Gasteiger partial charge < -0.3 is 5.73 Å². The SMILES string of the molecule is CCC(C)N(C)S(=O)(=O)c1c(C)cc(F)c(N)c1C. The predicted octanol–water partition coefficient (Wildman–Crippen LogP) is 2.44. The van der Waals surface area contributed by atoms with Crippen LogP contribution in [0.2, 0.25) is 0 Å². The van der Waals surface area contributed by atoms with Crippen LogP contribution in [0.3, 0.4) is 0 Å². The van der Waals surface area contributed by atoms with Crippen molar-refractivity contribution in [2.75, 3.05) is 12.8 Å². The van der Waals surface area contributed by atoms with Gasteiger partial charge in [-0.3, -0.25) is 0 Å². The van der Waals surface area contributed by atoms with Gasteiger partial charge in [0, 0.05) is 13.1 Å². The van der Waals surface area contributed by atoms with E-state index in [0.29, 0.717) is 12.0 Å². The molecule has 0 bridgehead atoms. The number of nitrogen functional groups attached to an aromatic ring is 1. The summed E-state index contributed by atoms with van der Waals surface area (Å²) < 4.78 is 40.0. The first kappa shape index (κ1) is 15.9. The zero-order chi connectivity index (χ0) is 15.0. The molecule has 1 rings (SSSR count). The van der Waals surface area contributed by atoms with E-state index in [4.69, 9.17) is 5.73 Å². The van der Waals surface area contributed by atoms with E-state index in [1.54, 1.807) is 6.92 Å². The molecule has 0 aliphatic heterocycles. The molecule has 1 atom stereocenters. The normalized spacial score (nSPS) is 13.8. The maximum atomic E-state index is 13.5. The van der Waals surface area contributed by atoms with Gasteiger partial charge in [0.2, 0.25) is 10.0 Å². The number of halogens is 1. The summed E-state index contributed by atoms with van der Waals surface area (Å²) in [6.07, 6.45) is 0.699. The molecule has 19 heavy (non-hydrogen) atoms. The van der Waals surface area contributed by atoms with E-state index >= 15 is 0 Å². The smallest absolute Gasteiger partial charge is 0.243 e. The van der Waals surface area contributed by atoms with Crippen LogP contribution in [-0.4, -0.2) is 25.8 Å². The number of aryl methyl sites for hydroxylation is 1. The van der Waals surface area contributed by atoms with Gasteiger partial charge in [0.05, 0.1) is 10.6 Å². The molecule has 0 aliphatic carbocycles. The van der Waals surface area contributed by atoms with E-state index in [1.807, 2.05) is 13.8 Å². The first-order valence-electron chi connectivity index (χ1n) is 6.17. The molecule has 2 N–H and O–H groups in total. The fourth-order valence-corrected chi connectivity index (χ4v) is 3.84. The van der Waals surface area contributed by atoms with Crippen molar-refractivity contribution in [2.24, 2.45) is 0 Å². The minimum Gasteiger partial charge on any atom is -0.396 e. The van der Waals surface area contributed by atoms with Crippen LogP contribution in [0.15, 0.2) is 11.0 Å². The summed E-state index contributed by atoms with van der Waals surface area (Å²) >= 11 is 0. The molecular formula is C13H21FN2O2S. The third-order valence-electron chi connectivity index (χ3n) is 3.55. The van der Waals surface area contributed by atoms with Gasteiger partial charge in [-0.1, -0.05) is 6.92 Å². The van der Waals surface area contributed by atoms with Crippen LogP contribution in [0.1, 0.15) is 31.4 Å². The molecule has 0 amide bonds. The van der Waals surface area contributed by atoms with Crippen LogP contribution >= 0.6 is 0 Å². The lowest BCUT2D eigenvalue weighted by Gasteiger charge is -2.25. The lowest BCUT2D eigenvalue weighted by molar-refractivity contribution is 0.380. The summed E-state index contributed by atoms with van der Waals surface area (Å²) in [5.74, 6) is -0.583. The molecule has 4 nitrogen and oxygen atoms in total. The van der Waals surface area contributed by atoms with Crippen LogP contribution in [0.5, 0.6) is 0 Å². The summed E-state index contributed by atoms with van der Waals surface area (Å²) in [5.41, 5.74) is 6.13. The number of rotatable bonds is 4. The highest BCUT2D eigenvalue weighted by Gasteiger charge is 2.29. The minimum atomic E-state index is -3.66. The fourth-order valence-electron chi connectivity index (χ4n) is 1.97. The zero-order valence-electron chi connectivity index (χ0n) is 12.0. The molecule has 0 heterocycles. The molecule has 0 spiro atoms. The van der Waals surface area contributed by atoms with E-state index in [2.05, 4.69) is 0 Å². The molecule has 108 valence electrons. The van der Waals surface area contributed by atoms with Crippen LogP contribution in [-0.2, 0) is 10.0 Å². The number of nitrogens with two attached hydrogens (primary N) is 1. The average Bonchev–Trinajstić information content (AvgIpc) is 2.33. The zero-order valence-corrected chi connectivity index (χ0v) is 12.8. The van der Waals surface area contributed by atoms with Crippen molar-refractivity contribution in [3.63, 3.8) is 0 Å². The van der Waals surface area contributed by atoms with Crippen molar-refractivity contribution in [1.82, 2.24) is 4.31 Å². The second-order valence-corrected chi connectivity index (χ2v) is 6.76. The van der Waals surface area contributed by atoms with E-state index in [-0.39, 0.29) is 22.2 Å². The number of hydrogen-bond acceptors (Lipinski definition) is 3. The van der Waals surface area contributed by atoms with Gasteiger partial charge in [-0.05, 0) is 44.4 Å². The summed E-state index contributed by atoms with van der Waals surface area (Å²) in [4.78, 5) is 0.106. The van der Waals surface area contributed by atoms with Crippen LogP contribution in [0, 0.1) is 19.7 Å². The lowest BCUT2D eigenvalue weighted by atomic mass is 10.1. The van der Waals surface area contributed by atoms with Gasteiger partial charge in [0.1, 0.15) is 5.82 Å². The molecule has 0 saturated carbocycles. The van der Waals surface area contributed by atoms with Gasteiger partial charge in [-0.2, -0.15) is 4.31 Å². The standard InChI is InChI=1S/C13H21FN2O2S/c1-6-9(3)16(5)19(17,18)13-8(2)7-11(14)12(15)10(13)4/h7,9H,6,15H2,1-5H3. The van der Waals surface area contributed by atoms with E-state index in [9.17, 15) is 12.8 Å². The summed E-state index contributed by atoms with van der Waals surface area (Å²) in [6.45, 7) is 6.85. The molecule has 6 heteroatoms. The molecule has 0 radical (unpaired) electrons. The Labute approximate surface area is 114 Å². The number of nitrogens with zero attached hydrogens (tertiary/aromatic N) is 1. The van der Waals surface area contributed by atoms with Crippen molar-refractivity contribution in [2.45, 2.75) is 45.1 Å². The van der Waals surface area contributed by atoms with Crippen molar-refractivity contribution in [3.8, 4) is 0 Å². The van der Waals surface area contributed by atoms with Crippen LogP contribution in [0.4, 0.5) is 10.1 Å². The van der Waals surface area contributed by atoms with Gasteiger partial charge in [0.15, 0.2) is 0 Å². The molecule has 0 aromatic heterocycles. The summed E-state index contributed by atoms with van der Waals surface area (Å²) in [7, 11) is -2.13. The number of anilines is 1. The largest absolute Gasteiger partial charge is 0.396 e. The second-order valence-electron chi connectivity index (χ2n) is 4.82. The van der Waals surface area contributed by atoms with Crippen molar-refractivity contribution in [3.05, 3.63) is 23.0 Å². The highest BCUT2D eigenvalue weighted by Crippen LogP contribution is 2.30. The first-order valence-corrected chi connectivity index (χ1v) is 7.61. The topological polar surface area (TPSA) is 63.4 Å². The summed E-state index contributed by atoms with van der Waals surface area (Å²) in [6, 6.07) is 1.04. The minimum absolute atomic E-state index is 0.106. The second kappa shape index (κ2) is 5.46. The Balaban J connectivity index is 3.50. The molecule has 1 aromatic rings. The first-order chi connectivity index (χ1) is 8.64. The highest BCUT2D eigenvalue weighted by molar-refractivity contribution is 7.89. The van der Waals surface area contributed by atoms with Gasteiger partial charge in [0.25, 0.3) is 0 Å². The van der Waals surface area contributed by atoms with Gasteiger partial charge in [-0.15, -0.1) is 0 Å². The van der Waals surface area contributed by atoms with Gasteiger partial charge >= 0.3 is 0 Å². The van der Waals surface area contributed by atoms with E-state index < -0.39 is 15.8 Å². The fraction of sp³-hybridized carbons (Fsp3) is 0.538. The Morgan fingerprint density at radius 1 is 1.42 bits per heavy atom. The maximum absolute atomic E-state index is 13.5. The molecule has 1 aromatic carbocycles. The van der Waals surface area contributed by atoms with E-state index in [0.717, 1.165) is 0 Å². The van der Waals surface area contributed by atoms with Crippen molar-refractivity contribution >= 4 is 15.7 Å². The molecule has 1 unspecified atom stereocenters. The third-order valence-corrected chi connectivity index (χ3v) is 5.81. The van der Waals surface area contributed by atoms with E-state index in [1.165, 1.54) is 24.3 Å². The van der Waals surface area contributed by atoms with Crippen molar-refractivity contribution < 1.29 is 12.8 Å². The predicted molar refractivity (Wildman–Crippen MR) is 75.0 cm³/mol. The van der Waals surface area contributed by atoms with Crippen LogP contribution in [0.25, 0.3) is 0 Å². The Hall–Kier alpha value is -1.14. The Morgan fingerprint density at radius 3 is 2.42 bits per heavy atom. The van der Waals surface area contributed by atoms with Gasteiger partial charge in [-0.25, -0.2) is 12.8 Å². The quantitative estimate of drug-likeness (QED) is 0.866. The number of sulfonamides is 1. The number of benzene rings is 1. The maximum Gasteiger partial charge on any atom is 0.243 e. The highest BCUT2D eigenvalue weighted by atomic mass is 32.2. The summed E-state index contributed by atoms with van der Waals surface area (Å²) in [5, 5.41) is 0.